The largest absolute Gasteiger partial charge is 0.481 e. The van der Waals surface area contributed by atoms with Gasteiger partial charge in [-0.3, -0.25) is 9.59 Å². The van der Waals surface area contributed by atoms with Gasteiger partial charge in [-0.2, -0.15) is 0 Å². The number of nitrogens with one attached hydrogen (secondary N) is 1. The van der Waals surface area contributed by atoms with Crippen LogP contribution in [-0.4, -0.2) is 17.0 Å². The number of carboxylic acid groups (broad SMARTS) is 1. The van der Waals surface area contributed by atoms with Gasteiger partial charge < -0.3 is 10.4 Å². The topological polar surface area (TPSA) is 66.4 Å². The second-order valence-electron chi connectivity index (χ2n) is 6.04. The maximum Gasteiger partial charge on any atom is 0.311 e. The van der Waals surface area contributed by atoms with E-state index in [0.717, 1.165) is 29.7 Å². The highest BCUT2D eigenvalue weighted by molar-refractivity contribution is 6.05. The Kier molecular flexibility index (Phi) is 2.46. The van der Waals surface area contributed by atoms with Crippen LogP contribution in [0.4, 0.5) is 5.69 Å². The number of rotatable bonds is 3. The van der Waals surface area contributed by atoms with E-state index in [-0.39, 0.29) is 11.8 Å². The molecule has 100 valence electrons. The molecule has 3 rings (SSSR count). The van der Waals surface area contributed by atoms with Crippen LogP contribution in [0, 0.1) is 5.92 Å². The van der Waals surface area contributed by atoms with Crippen molar-refractivity contribution in [2.75, 3.05) is 5.32 Å². The number of benzene rings is 1. The van der Waals surface area contributed by atoms with Gasteiger partial charge in [0, 0.05) is 5.69 Å². The monoisotopic (exact) mass is 259 g/mol. The maximum atomic E-state index is 11.9. The van der Waals surface area contributed by atoms with Gasteiger partial charge in [-0.15, -0.1) is 0 Å². The van der Waals surface area contributed by atoms with Crippen molar-refractivity contribution in [1.29, 1.82) is 0 Å². The first-order chi connectivity index (χ1) is 8.91. The summed E-state index contributed by atoms with van der Waals surface area (Å²) < 4.78 is 0. The van der Waals surface area contributed by atoms with Gasteiger partial charge in [0.15, 0.2) is 0 Å². The van der Waals surface area contributed by atoms with Crippen molar-refractivity contribution < 1.29 is 14.7 Å². The summed E-state index contributed by atoms with van der Waals surface area (Å²) in [5, 5.41) is 12.2. The van der Waals surface area contributed by atoms with Crippen molar-refractivity contribution in [1.82, 2.24) is 0 Å². The molecule has 1 saturated carbocycles. The van der Waals surface area contributed by atoms with Gasteiger partial charge in [0.05, 0.1) is 11.3 Å². The number of carboxylic acids is 1. The minimum Gasteiger partial charge on any atom is -0.481 e. The standard InChI is InChI=1S/C15H17NO3/c1-15(2)10-7-9(5-6-11(10)16-14(15)19)12(13(17)18)8-3-4-8/h5-8,12H,3-4H2,1-2H3,(H,16,19)(H,17,18). The molecule has 1 aromatic carbocycles. The van der Waals surface area contributed by atoms with Gasteiger partial charge >= 0.3 is 5.97 Å². The Hall–Kier alpha value is -1.84. The van der Waals surface area contributed by atoms with Crippen molar-refractivity contribution in [3.8, 4) is 0 Å². The number of hydrogen-bond donors (Lipinski definition) is 2. The molecule has 0 radical (unpaired) electrons. The maximum absolute atomic E-state index is 11.9. The number of anilines is 1. The number of carbonyl (C=O) groups excluding carboxylic acids is 1. The van der Waals surface area contributed by atoms with Crippen LogP contribution in [0.25, 0.3) is 0 Å². The number of carbonyl (C=O) groups is 2. The zero-order valence-electron chi connectivity index (χ0n) is 11.1. The van der Waals surface area contributed by atoms with Crippen molar-refractivity contribution in [2.24, 2.45) is 5.92 Å². The van der Waals surface area contributed by atoms with Gasteiger partial charge in [-0.25, -0.2) is 0 Å². The molecule has 1 aromatic rings. The van der Waals surface area contributed by atoms with Crippen molar-refractivity contribution >= 4 is 17.6 Å². The fraction of sp³-hybridized carbons (Fsp3) is 0.467. The van der Waals surface area contributed by atoms with Crippen LogP contribution in [0.1, 0.15) is 43.7 Å². The first kappa shape index (κ1) is 12.2. The van der Waals surface area contributed by atoms with Crippen molar-refractivity contribution in [3.05, 3.63) is 29.3 Å². The molecule has 1 atom stereocenters. The highest BCUT2D eigenvalue weighted by Gasteiger charge is 2.41. The van der Waals surface area contributed by atoms with Gasteiger partial charge in [0.1, 0.15) is 0 Å². The number of aliphatic carboxylic acids is 1. The number of hydrogen-bond acceptors (Lipinski definition) is 2. The number of fused-ring (bicyclic) bond motifs is 1. The Balaban J connectivity index is 2.04. The molecule has 0 spiro atoms. The second kappa shape index (κ2) is 3.83. The summed E-state index contributed by atoms with van der Waals surface area (Å²) in [5.74, 6) is -0.976. The van der Waals surface area contributed by atoms with E-state index in [4.69, 9.17) is 0 Å². The van der Waals surface area contributed by atoms with E-state index in [1.165, 1.54) is 0 Å². The molecule has 1 heterocycles. The average Bonchev–Trinajstić information content (AvgIpc) is 3.11. The molecular formula is C15H17NO3. The summed E-state index contributed by atoms with van der Waals surface area (Å²) in [6, 6.07) is 5.55. The lowest BCUT2D eigenvalue weighted by atomic mass is 9.83. The van der Waals surface area contributed by atoms with Crippen LogP contribution < -0.4 is 5.32 Å². The molecule has 4 nitrogen and oxygen atoms in total. The Morgan fingerprint density at radius 3 is 2.68 bits per heavy atom. The summed E-state index contributed by atoms with van der Waals surface area (Å²) >= 11 is 0. The normalized spacial score (nSPS) is 21.7. The summed E-state index contributed by atoms with van der Waals surface area (Å²) in [5.41, 5.74) is 1.94. The van der Waals surface area contributed by atoms with E-state index in [9.17, 15) is 14.7 Å². The molecule has 1 unspecified atom stereocenters. The molecule has 0 bridgehead atoms. The third kappa shape index (κ3) is 1.82. The van der Waals surface area contributed by atoms with E-state index in [1.54, 1.807) is 0 Å². The second-order valence-corrected chi connectivity index (χ2v) is 6.04. The Morgan fingerprint density at radius 2 is 2.11 bits per heavy atom. The van der Waals surface area contributed by atoms with Gasteiger partial charge in [0.25, 0.3) is 0 Å². The van der Waals surface area contributed by atoms with E-state index in [2.05, 4.69) is 5.32 Å². The van der Waals surface area contributed by atoms with Gasteiger partial charge in [-0.05, 0) is 49.8 Å². The smallest absolute Gasteiger partial charge is 0.311 e. The predicted molar refractivity (Wildman–Crippen MR) is 71.2 cm³/mol. The third-order valence-electron chi connectivity index (χ3n) is 4.25. The zero-order chi connectivity index (χ0) is 13.8. The molecule has 1 aliphatic carbocycles. The molecule has 2 N–H and O–H groups in total. The Labute approximate surface area is 111 Å². The fourth-order valence-electron chi connectivity index (χ4n) is 2.83. The summed E-state index contributed by atoms with van der Waals surface area (Å²) in [6.07, 6.45) is 1.96. The van der Waals surface area contributed by atoms with E-state index < -0.39 is 17.3 Å². The molecule has 1 amide bonds. The summed E-state index contributed by atoms with van der Waals surface area (Å²) in [6.45, 7) is 3.73. The van der Waals surface area contributed by atoms with Crippen molar-refractivity contribution in [2.45, 2.75) is 38.0 Å². The third-order valence-corrected chi connectivity index (χ3v) is 4.25. The average molecular weight is 259 g/mol. The molecule has 1 aliphatic heterocycles. The highest BCUT2D eigenvalue weighted by atomic mass is 16.4. The van der Waals surface area contributed by atoms with Gasteiger partial charge in [0.2, 0.25) is 5.91 Å². The lowest BCUT2D eigenvalue weighted by molar-refractivity contribution is -0.139. The Bertz CT molecular complexity index is 573. The van der Waals surface area contributed by atoms with Crippen LogP contribution in [0.3, 0.4) is 0 Å². The predicted octanol–water partition coefficient (Wildman–Crippen LogP) is 2.49. The van der Waals surface area contributed by atoms with E-state index in [1.807, 2.05) is 32.0 Å². The molecule has 2 aliphatic rings. The minimum atomic E-state index is -0.766. The van der Waals surface area contributed by atoms with E-state index in [0.29, 0.717) is 0 Å². The first-order valence-corrected chi connectivity index (χ1v) is 6.60. The zero-order valence-corrected chi connectivity index (χ0v) is 11.1. The molecule has 4 heteroatoms. The highest BCUT2D eigenvalue weighted by Crippen LogP contribution is 2.45. The molecular weight excluding hydrogens is 242 g/mol. The SMILES string of the molecule is CC1(C)C(=O)Nc2ccc(C(C(=O)O)C3CC3)cc21. The van der Waals surface area contributed by atoms with Crippen LogP contribution in [0.2, 0.25) is 0 Å². The molecule has 19 heavy (non-hydrogen) atoms. The Morgan fingerprint density at radius 1 is 1.42 bits per heavy atom. The number of amides is 1. The fourth-order valence-corrected chi connectivity index (χ4v) is 2.83. The van der Waals surface area contributed by atoms with Crippen molar-refractivity contribution in [3.63, 3.8) is 0 Å². The van der Waals surface area contributed by atoms with Crippen LogP contribution in [-0.2, 0) is 15.0 Å². The van der Waals surface area contributed by atoms with Crippen LogP contribution in [0.15, 0.2) is 18.2 Å². The summed E-state index contributed by atoms with van der Waals surface area (Å²) in [7, 11) is 0. The lowest BCUT2D eigenvalue weighted by Gasteiger charge is -2.18. The van der Waals surface area contributed by atoms with E-state index >= 15 is 0 Å². The van der Waals surface area contributed by atoms with Crippen LogP contribution in [0.5, 0.6) is 0 Å². The quantitative estimate of drug-likeness (QED) is 0.876. The molecule has 0 saturated heterocycles. The first-order valence-electron chi connectivity index (χ1n) is 6.60. The molecule has 1 fully saturated rings. The van der Waals surface area contributed by atoms with Crippen LogP contribution >= 0.6 is 0 Å². The van der Waals surface area contributed by atoms with Gasteiger partial charge in [-0.1, -0.05) is 12.1 Å². The summed E-state index contributed by atoms with van der Waals surface area (Å²) in [4.78, 5) is 23.3. The molecule has 0 aromatic heterocycles. The lowest BCUT2D eigenvalue weighted by Crippen LogP contribution is -2.27. The minimum absolute atomic E-state index is 0.0297.